The van der Waals surface area contributed by atoms with Crippen LogP contribution in [0.3, 0.4) is 0 Å². The fourth-order valence-electron chi connectivity index (χ4n) is 5.80. The van der Waals surface area contributed by atoms with E-state index in [1.165, 1.54) is 44.9 Å². The van der Waals surface area contributed by atoms with Gasteiger partial charge >= 0.3 is 11.9 Å². The van der Waals surface area contributed by atoms with Crippen LogP contribution in [0.25, 0.3) is 0 Å². The number of carbonyl (C=O) groups is 3. The van der Waals surface area contributed by atoms with Gasteiger partial charge in [0.15, 0.2) is 6.10 Å². The molecule has 0 N–H and O–H groups in total. The number of rotatable bonds is 37. The van der Waals surface area contributed by atoms with Crippen molar-refractivity contribution in [2.24, 2.45) is 0 Å². The van der Waals surface area contributed by atoms with Crippen LogP contribution in [0, 0.1) is 0 Å². The number of unbranched alkanes of at least 4 members (excludes halogenated alkanes) is 15. The van der Waals surface area contributed by atoms with Crippen molar-refractivity contribution in [3.8, 4) is 0 Å². The number of carbonyl (C=O) groups excluding carboxylic acids is 3. The van der Waals surface area contributed by atoms with Crippen molar-refractivity contribution >= 4 is 17.9 Å². The number of hydrogen-bond acceptors (Lipinski definition) is 7. The summed E-state index contributed by atoms with van der Waals surface area (Å²) in [5.41, 5.74) is 0. The van der Waals surface area contributed by atoms with Gasteiger partial charge in [-0.1, -0.05) is 151 Å². The summed E-state index contributed by atoms with van der Waals surface area (Å²) in [6.45, 7) is 4.50. The van der Waals surface area contributed by atoms with Gasteiger partial charge in [-0.05, 0) is 57.8 Å². The second-order valence-electron chi connectivity index (χ2n) is 15.3. The van der Waals surface area contributed by atoms with Crippen LogP contribution in [-0.2, 0) is 28.6 Å². The van der Waals surface area contributed by atoms with Gasteiger partial charge in [0.2, 0.25) is 0 Å². The predicted molar refractivity (Wildman–Crippen MR) is 226 cm³/mol. The maximum absolute atomic E-state index is 12.7. The lowest BCUT2D eigenvalue weighted by molar-refractivity contribution is -0.889. The highest BCUT2D eigenvalue weighted by molar-refractivity contribution is 5.70. The summed E-state index contributed by atoms with van der Waals surface area (Å²) < 4.78 is 17.1. The van der Waals surface area contributed by atoms with E-state index in [4.69, 9.17) is 14.2 Å². The fourth-order valence-corrected chi connectivity index (χ4v) is 5.80. The summed E-state index contributed by atoms with van der Waals surface area (Å²) in [6, 6.07) is -0.736. The first-order valence-electron chi connectivity index (χ1n) is 21.5. The molecule has 0 saturated carbocycles. The van der Waals surface area contributed by atoms with Crippen LogP contribution in [0.5, 0.6) is 0 Å². The van der Waals surface area contributed by atoms with E-state index in [-0.39, 0.29) is 49.1 Å². The molecule has 0 saturated heterocycles. The number of nitrogens with zero attached hydrogens (tertiary/aromatic N) is 1. The molecule has 0 aliphatic heterocycles. The van der Waals surface area contributed by atoms with E-state index >= 15 is 0 Å². The molecular weight excluding hydrogens is 691 g/mol. The molecule has 2 atom stereocenters. The fraction of sp³-hybridized carbons (Fsp3) is 0.681. The molecule has 2 unspecified atom stereocenters. The normalized spacial score (nSPS) is 13.7. The zero-order valence-electron chi connectivity index (χ0n) is 35.6. The summed E-state index contributed by atoms with van der Waals surface area (Å²) in [4.78, 5) is 36.8. The van der Waals surface area contributed by atoms with E-state index in [0.29, 0.717) is 6.42 Å². The molecule has 0 aliphatic carbocycles. The minimum atomic E-state index is -1.14. The Bertz CT molecular complexity index is 1130. The van der Waals surface area contributed by atoms with E-state index in [1.54, 1.807) is 21.1 Å². The van der Waals surface area contributed by atoms with Gasteiger partial charge in [0, 0.05) is 19.3 Å². The average Bonchev–Trinajstić information content (AvgIpc) is 3.14. The summed E-state index contributed by atoms with van der Waals surface area (Å²) in [5.74, 6) is -1.80. The standard InChI is InChI=1S/C47H79NO7/c1-6-8-10-12-14-16-18-20-21-22-23-24-26-28-30-32-34-36-38-46(50)55-43(41-53-40-39-44(47(51)52)48(3,4)5)42-54-45(49)37-35-33-31-29-27-25-19-17-15-13-11-9-7-2/h10,12,14,16,18,20-25,27,43-44H,6-9,11,13,15,17,19,26,28-42H2,1-5H3/b12-10+,16-14+,20-18+,22-21+,24-23+,27-25+. The number of hydrogen-bond donors (Lipinski definition) is 0. The Morgan fingerprint density at radius 1 is 0.545 bits per heavy atom. The lowest BCUT2D eigenvalue weighted by Crippen LogP contribution is -2.55. The Morgan fingerprint density at radius 2 is 1.02 bits per heavy atom. The second kappa shape index (κ2) is 37.7. The van der Waals surface area contributed by atoms with Gasteiger partial charge in [-0.15, -0.1) is 0 Å². The van der Waals surface area contributed by atoms with Gasteiger partial charge in [0.1, 0.15) is 12.6 Å². The zero-order chi connectivity index (χ0) is 40.7. The number of carboxylic acid groups (broad SMARTS) is 1. The lowest BCUT2D eigenvalue weighted by atomic mass is 10.1. The highest BCUT2D eigenvalue weighted by Gasteiger charge is 2.25. The number of carboxylic acids is 1. The van der Waals surface area contributed by atoms with Crippen LogP contribution in [-0.4, -0.2) is 75.5 Å². The topological polar surface area (TPSA) is 102 Å². The van der Waals surface area contributed by atoms with E-state index in [2.05, 4.69) is 50.3 Å². The zero-order valence-corrected chi connectivity index (χ0v) is 35.6. The molecule has 0 radical (unpaired) electrons. The summed E-state index contributed by atoms with van der Waals surface area (Å²) in [5, 5.41) is 11.6. The van der Waals surface area contributed by atoms with Crippen LogP contribution >= 0.6 is 0 Å². The van der Waals surface area contributed by atoms with Gasteiger partial charge < -0.3 is 28.6 Å². The Morgan fingerprint density at radius 3 is 1.56 bits per heavy atom. The minimum absolute atomic E-state index is 0.0216. The average molecular weight is 770 g/mol. The largest absolute Gasteiger partial charge is 0.544 e. The maximum Gasteiger partial charge on any atom is 0.306 e. The molecule has 0 aromatic carbocycles. The van der Waals surface area contributed by atoms with Crippen molar-refractivity contribution in [1.29, 1.82) is 0 Å². The van der Waals surface area contributed by atoms with Crippen LogP contribution in [0.15, 0.2) is 72.9 Å². The van der Waals surface area contributed by atoms with Crippen molar-refractivity contribution < 1.29 is 38.2 Å². The van der Waals surface area contributed by atoms with E-state index in [0.717, 1.165) is 77.0 Å². The van der Waals surface area contributed by atoms with Gasteiger partial charge in [-0.25, -0.2) is 0 Å². The van der Waals surface area contributed by atoms with Crippen LogP contribution < -0.4 is 5.11 Å². The molecule has 0 heterocycles. The smallest absolute Gasteiger partial charge is 0.306 e. The molecule has 0 aliphatic rings. The molecule has 0 bridgehead atoms. The number of aliphatic carboxylic acids is 1. The Balaban J connectivity index is 4.46. The molecular formula is C47H79NO7. The summed E-state index contributed by atoms with van der Waals surface area (Å²) >= 11 is 0. The van der Waals surface area contributed by atoms with Crippen molar-refractivity contribution in [3.05, 3.63) is 72.9 Å². The summed E-state index contributed by atoms with van der Waals surface area (Å²) in [7, 11) is 5.38. The van der Waals surface area contributed by atoms with E-state index in [9.17, 15) is 19.5 Å². The number of quaternary nitrogens is 1. The molecule has 8 nitrogen and oxygen atoms in total. The van der Waals surface area contributed by atoms with Gasteiger partial charge in [-0.3, -0.25) is 9.59 Å². The third-order valence-electron chi connectivity index (χ3n) is 9.17. The van der Waals surface area contributed by atoms with Crippen LogP contribution in [0.2, 0.25) is 0 Å². The quantitative estimate of drug-likeness (QED) is 0.0204. The Kier molecular flexibility index (Phi) is 35.5. The minimum Gasteiger partial charge on any atom is -0.544 e. The molecule has 8 heteroatoms. The van der Waals surface area contributed by atoms with Crippen molar-refractivity contribution in [2.75, 3.05) is 41.0 Å². The maximum atomic E-state index is 12.7. The molecule has 0 aromatic heterocycles. The SMILES string of the molecule is CCC/C=C/C=C/C=C/C=C/C=C/CCCCCCCC(=O)OC(COCCC(C(=O)[O-])[N+](C)(C)C)COC(=O)CCCCC/C=C/CCCCCCCC. The van der Waals surface area contributed by atoms with Gasteiger partial charge in [-0.2, -0.15) is 0 Å². The van der Waals surface area contributed by atoms with E-state index in [1.807, 2.05) is 36.5 Å². The lowest BCUT2D eigenvalue weighted by Gasteiger charge is -2.34. The number of allylic oxidation sites excluding steroid dienone is 12. The Labute approximate surface area is 336 Å². The van der Waals surface area contributed by atoms with Crippen LogP contribution in [0.1, 0.15) is 155 Å². The molecule has 55 heavy (non-hydrogen) atoms. The van der Waals surface area contributed by atoms with Crippen molar-refractivity contribution in [2.45, 2.75) is 167 Å². The van der Waals surface area contributed by atoms with Gasteiger partial charge in [0.05, 0.1) is 40.3 Å². The highest BCUT2D eigenvalue weighted by atomic mass is 16.6. The molecule has 0 rings (SSSR count). The Hall–Kier alpha value is -3.23. The summed E-state index contributed by atoms with van der Waals surface area (Å²) in [6.07, 6.45) is 46.3. The number of esters is 2. The molecule has 0 aromatic rings. The first-order chi connectivity index (χ1) is 26.6. The van der Waals surface area contributed by atoms with Crippen LogP contribution in [0.4, 0.5) is 0 Å². The molecule has 0 amide bonds. The highest BCUT2D eigenvalue weighted by Crippen LogP contribution is 2.12. The molecule has 0 fully saturated rings. The number of ether oxygens (including phenoxy) is 3. The first-order valence-corrected chi connectivity index (χ1v) is 21.5. The third kappa shape index (κ3) is 36.2. The third-order valence-corrected chi connectivity index (χ3v) is 9.17. The predicted octanol–water partition coefficient (Wildman–Crippen LogP) is 10.2. The number of likely N-dealkylation sites (N-methyl/N-ethyl adjacent to an activating group) is 1. The van der Waals surface area contributed by atoms with E-state index < -0.39 is 18.1 Å². The molecule has 0 spiro atoms. The van der Waals surface area contributed by atoms with Gasteiger partial charge in [0.25, 0.3) is 0 Å². The monoisotopic (exact) mass is 770 g/mol. The molecule has 314 valence electrons. The first kappa shape index (κ1) is 51.8. The second-order valence-corrected chi connectivity index (χ2v) is 15.3. The van der Waals surface area contributed by atoms with Crippen molar-refractivity contribution in [1.82, 2.24) is 0 Å². The van der Waals surface area contributed by atoms with Crippen molar-refractivity contribution in [3.63, 3.8) is 0 Å².